The van der Waals surface area contributed by atoms with Crippen LogP contribution in [-0.2, 0) is 18.7 Å². The van der Waals surface area contributed by atoms with E-state index in [4.69, 9.17) is 21.3 Å². The number of benzene rings is 3. The number of carbonyl (C=O) groups excluding carboxylic acids is 1. The number of carbonyl (C=O) groups is 1. The normalized spacial score (nSPS) is 11.0. The van der Waals surface area contributed by atoms with E-state index in [2.05, 4.69) is 27.0 Å². The van der Waals surface area contributed by atoms with Gasteiger partial charge in [-0.25, -0.2) is 4.98 Å². The third kappa shape index (κ3) is 6.36. The van der Waals surface area contributed by atoms with Gasteiger partial charge in [0.25, 0.3) is 5.91 Å². The Balaban J connectivity index is 1.24. The van der Waals surface area contributed by atoms with E-state index in [0.717, 1.165) is 45.2 Å². The van der Waals surface area contributed by atoms with Crippen LogP contribution in [0.2, 0.25) is 5.02 Å². The van der Waals surface area contributed by atoms with Crippen molar-refractivity contribution in [3.8, 4) is 5.75 Å². The van der Waals surface area contributed by atoms with Gasteiger partial charge < -0.3 is 14.6 Å². The highest BCUT2D eigenvalue weighted by atomic mass is 35.5. The van der Waals surface area contributed by atoms with Crippen molar-refractivity contribution >= 4 is 40.3 Å². The van der Waals surface area contributed by atoms with E-state index in [1.165, 1.54) is 5.56 Å². The summed E-state index contributed by atoms with van der Waals surface area (Å²) >= 11 is 7.62. The van der Waals surface area contributed by atoms with Crippen LogP contribution in [0.5, 0.6) is 5.75 Å². The molecule has 192 valence electrons. The van der Waals surface area contributed by atoms with Crippen LogP contribution in [0.25, 0.3) is 11.0 Å². The van der Waals surface area contributed by atoms with Gasteiger partial charge in [0, 0.05) is 29.1 Å². The van der Waals surface area contributed by atoms with Gasteiger partial charge in [0.1, 0.15) is 5.75 Å². The molecule has 0 aliphatic rings. The molecule has 1 amide bonds. The standard InChI is InChI=1S/C30H27ClN4O2S/c1-37-26-12-6-23(7-13-26)20-38-30-34-27-15-16-32-18-28(27)35(30)19-22-2-8-24(9-3-22)29(36)33-17-14-21-4-10-25(31)11-5-21/h2-13,15-16,18H,14,17,19-20H2,1H3,(H,33,36). The molecule has 0 saturated carbocycles. The molecule has 38 heavy (non-hydrogen) atoms. The summed E-state index contributed by atoms with van der Waals surface area (Å²) < 4.78 is 7.44. The Kier molecular flexibility index (Phi) is 8.26. The van der Waals surface area contributed by atoms with Gasteiger partial charge in [-0.05, 0) is 65.6 Å². The van der Waals surface area contributed by atoms with Crippen LogP contribution in [0.4, 0.5) is 0 Å². The highest BCUT2D eigenvalue weighted by Gasteiger charge is 2.13. The predicted molar refractivity (Wildman–Crippen MR) is 153 cm³/mol. The van der Waals surface area contributed by atoms with Gasteiger partial charge in [-0.1, -0.05) is 59.8 Å². The molecule has 3 aromatic carbocycles. The highest BCUT2D eigenvalue weighted by Crippen LogP contribution is 2.28. The third-order valence-electron chi connectivity index (χ3n) is 6.21. The fourth-order valence-corrected chi connectivity index (χ4v) is 5.19. The number of thioether (sulfide) groups is 1. The van der Waals surface area contributed by atoms with Gasteiger partial charge in [0.05, 0.1) is 30.9 Å². The smallest absolute Gasteiger partial charge is 0.251 e. The van der Waals surface area contributed by atoms with E-state index in [0.29, 0.717) is 23.7 Å². The molecule has 2 aromatic heterocycles. The van der Waals surface area contributed by atoms with Crippen molar-refractivity contribution in [1.82, 2.24) is 19.9 Å². The quantitative estimate of drug-likeness (QED) is 0.207. The molecule has 0 aliphatic heterocycles. The number of fused-ring (bicyclic) bond motifs is 1. The molecule has 6 nitrogen and oxygen atoms in total. The Morgan fingerprint density at radius 2 is 1.66 bits per heavy atom. The summed E-state index contributed by atoms with van der Waals surface area (Å²) in [7, 11) is 1.67. The van der Waals surface area contributed by atoms with Crippen LogP contribution in [0.3, 0.4) is 0 Å². The minimum atomic E-state index is -0.0847. The highest BCUT2D eigenvalue weighted by molar-refractivity contribution is 7.98. The maximum atomic E-state index is 12.6. The largest absolute Gasteiger partial charge is 0.497 e. The number of rotatable bonds is 10. The van der Waals surface area contributed by atoms with E-state index in [1.54, 1.807) is 25.1 Å². The molecule has 1 N–H and O–H groups in total. The number of methoxy groups -OCH3 is 1. The number of pyridine rings is 1. The maximum Gasteiger partial charge on any atom is 0.251 e. The zero-order valence-electron chi connectivity index (χ0n) is 20.9. The lowest BCUT2D eigenvalue weighted by Crippen LogP contribution is -2.25. The maximum absolute atomic E-state index is 12.6. The fourth-order valence-electron chi connectivity index (χ4n) is 4.10. The summed E-state index contributed by atoms with van der Waals surface area (Å²) in [5.74, 6) is 1.55. The third-order valence-corrected chi connectivity index (χ3v) is 7.51. The molecule has 0 bridgehead atoms. The predicted octanol–water partition coefficient (Wildman–Crippen LogP) is 6.41. The van der Waals surface area contributed by atoms with Crippen LogP contribution in [-0.4, -0.2) is 34.1 Å². The average molecular weight is 543 g/mol. The van der Waals surface area contributed by atoms with Crippen LogP contribution in [0, 0.1) is 0 Å². The zero-order chi connectivity index (χ0) is 26.3. The monoisotopic (exact) mass is 542 g/mol. The first-order chi connectivity index (χ1) is 18.6. The average Bonchev–Trinajstić information content (AvgIpc) is 3.30. The Hall–Kier alpha value is -3.81. The number of aromatic nitrogens is 3. The van der Waals surface area contributed by atoms with E-state index >= 15 is 0 Å². The van der Waals surface area contributed by atoms with Crippen molar-refractivity contribution in [3.05, 3.63) is 119 Å². The first-order valence-electron chi connectivity index (χ1n) is 12.3. The Labute approximate surface area is 231 Å². The molecule has 0 spiro atoms. The van der Waals surface area contributed by atoms with Crippen LogP contribution in [0.1, 0.15) is 27.0 Å². The van der Waals surface area contributed by atoms with Crippen LogP contribution in [0.15, 0.2) is 96.4 Å². The minimum Gasteiger partial charge on any atom is -0.497 e. The number of amides is 1. The molecular weight excluding hydrogens is 516 g/mol. The first kappa shape index (κ1) is 25.8. The molecule has 0 radical (unpaired) electrons. The number of hydrogen-bond acceptors (Lipinski definition) is 5. The number of hydrogen-bond donors (Lipinski definition) is 1. The molecule has 0 atom stereocenters. The summed E-state index contributed by atoms with van der Waals surface area (Å²) in [6.45, 7) is 1.19. The van der Waals surface area contributed by atoms with Gasteiger partial charge >= 0.3 is 0 Å². The second-order valence-electron chi connectivity index (χ2n) is 8.81. The van der Waals surface area contributed by atoms with Gasteiger partial charge in [-0.15, -0.1) is 0 Å². The van der Waals surface area contributed by atoms with Crippen molar-refractivity contribution in [2.24, 2.45) is 0 Å². The first-order valence-corrected chi connectivity index (χ1v) is 13.6. The van der Waals surface area contributed by atoms with Crippen molar-refractivity contribution in [1.29, 1.82) is 0 Å². The van der Waals surface area contributed by atoms with E-state index in [9.17, 15) is 4.79 Å². The molecule has 0 saturated heterocycles. The zero-order valence-corrected chi connectivity index (χ0v) is 22.5. The molecule has 0 aliphatic carbocycles. The molecular formula is C30H27ClN4O2S. The lowest BCUT2D eigenvalue weighted by Gasteiger charge is -2.10. The van der Waals surface area contributed by atoms with Crippen LogP contribution >= 0.6 is 23.4 Å². The van der Waals surface area contributed by atoms with Gasteiger partial charge in [-0.2, -0.15) is 0 Å². The SMILES string of the molecule is COc1ccc(CSc2nc3ccncc3n2Cc2ccc(C(=O)NCCc3ccc(Cl)cc3)cc2)cc1. The van der Waals surface area contributed by atoms with Crippen molar-refractivity contribution in [2.45, 2.75) is 23.9 Å². The topological polar surface area (TPSA) is 69.0 Å². The second kappa shape index (κ2) is 12.2. The van der Waals surface area contributed by atoms with Crippen molar-refractivity contribution in [3.63, 3.8) is 0 Å². The molecule has 8 heteroatoms. The molecule has 5 aromatic rings. The number of halogens is 1. The van der Waals surface area contributed by atoms with E-state index < -0.39 is 0 Å². The Morgan fingerprint density at radius 1 is 0.947 bits per heavy atom. The summed E-state index contributed by atoms with van der Waals surface area (Å²) in [4.78, 5) is 21.8. The van der Waals surface area contributed by atoms with Crippen molar-refractivity contribution in [2.75, 3.05) is 13.7 Å². The Bertz CT molecular complexity index is 1520. The lowest BCUT2D eigenvalue weighted by atomic mass is 10.1. The number of ether oxygens (including phenoxy) is 1. The number of nitrogens with one attached hydrogen (secondary N) is 1. The summed E-state index contributed by atoms with van der Waals surface area (Å²) in [6, 6.07) is 25.4. The molecule has 0 unspecified atom stereocenters. The fraction of sp³-hybridized carbons (Fsp3) is 0.167. The van der Waals surface area contributed by atoms with Gasteiger partial charge in [0.15, 0.2) is 5.16 Å². The van der Waals surface area contributed by atoms with Crippen molar-refractivity contribution < 1.29 is 9.53 Å². The lowest BCUT2D eigenvalue weighted by molar-refractivity contribution is 0.0954. The number of nitrogens with zero attached hydrogens (tertiary/aromatic N) is 3. The summed E-state index contributed by atoms with van der Waals surface area (Å²) in [6.07, 6.45) is 4.36. The van der Waals surface area contributed by atoms with Gasteiger partial charge in [-0.3, -0.25) is 9.78 Å². The van der Waals surface area contributed by atoms with E-state index in [1.807, 2.05) is 72.9 Å². The summed E-state index contributed by atoms with van der Waals surface area (Å²) in [5.41, 5.74) is 5.93. The minimum absolute atomic E-state index is 0.0847. The van der Waals surface area contributed by atoms with Gasteiger partial charge in [0.2, 0.25) is 0 Å². The van der Waals surface area contributed by atoms with Crippen LogP contribution < -0.4 is 10.1 Å². The summed E-state index contributed by atoms with van der Waals surface area (Å²) in [5, 5.41) is 4.63. The molecule has 5 rings (SSSR count). The second-order valence-corrected chi connectivity index (χ2v) is 10.2. The van der Waals surface area contributed by atoms with E-state index in [-0.39, 0.29) is 5.91 Å². The number of imidazole rings is 1. The Morgan fingerprint density at radius 3 is 2.39 bits per heavy atom. The molecule has 0 fully saturated rings. The molecule has 2 heterocycles.